The van der Waals surface area contributed by atoms with Crippen LogP contribution in [-0.4, -0.2) is 28.3 Å². The summed E-state index contributed by atoms with van der Waals surface area (Å²) >= 11 is 0. The number of nitrogens with one attached hydrogen (secondary N) is 2. The fraction of sp³-hybridized carbons (Fsp3) is 0.250. The van der Waals surface area contributed by atoms with Crippen molar-refractivity contribution in [2.45, 2.75) is 18.8 Å². The van der Waals surface area contributed by atoms with E-state index in [1.54, 1.807) is 10.9 Å². The molecule has 0 bridgehead atoms. The molecule has 24 heavy (non-hydrogen) atoms. The SMILES string of the molecule is C=CC(=O)NC1CNc2c(-c3ccc(C(F)(F)F)cc3)cnn2C1. The molecule has 2 heterocycles. The number of alkyl halides is 3. The summed E-state index contributed by atoms with van der Waals surface area (Å²) in [7, 11) is 0. The van der Waals surface area contributed by atoms with Gasteiger partial charge in [-0.25, -0.2) is 4.68 Å². The van der Waals surface area contributed by atoms with Gasteiger partial charge in [0, 0.05) is 12.1 Å². The van der Waals surface area contributed by atoms with Crippen LogP contribution in [0.1, 0.15) is 5.56 Å². The maximum absolute atomic E-state index is 12.6. The minimum absolute atomic E-state index is 0.136. The second kappa shape index (κ2) is 6.03. The van der Waals surface area contributed by atoms with Gasteiger partial charge in [0.15, 0.2) is 0 Å². The predicted molar refractivity (Wildman–Crippen MR) is 83.3 cm³/mol. The summed E-state index contributed by atoms with van der Waals surface area (Å²) in [6, 6.07) is 4.82. The van der Waals surface area contributed by atoms with Crippen LogP contribution in [0.4, 0.5) is 19.0 Å². The molecule has 126 valence electrons. The van der Waals surface area contributed by atoms with Gasteiger partial charge < -0.3 is 10.6 Å². The van der Waals surface area contributed by atoms with Gasteiger partial charge in [-0.3, -0.25) is 4.79 Å². The Morgan fingerprint density at radius 3 is 2.71 bits per heavy atom. The molecule has 0 saturated heterocycles. The molecule has 3 rings (SSSR count). The second-order valence-corrected chi connectivity index (χ2v) is 5.45. The molecule has 1 amide bonds. The zero-order valence-electron chi connectivity index (χ0n) is 12.6. The van der Waals surface area contributed by atoms with Crippen LogP contribution >= 0.6 is 0 Å². The number of hydrogen-bond donors (Lipinski definition) is 2. The van der Waals surface area contributed by atoms with Crippen LogP contribution in [-0.2, 0) is 17.5 Å². The van der Waals surface area contributed by atoms with Gasteiger partial charge in [0.05, 0.1) is 24.3 Å². The first-order chi connectivity index (χ1) is 11.4. The van der Waals surface area contributed by atoms with Crippen molar-refractivity contribution in [1.82, 2.24) is 15.1 Å². The third kappa shape index (κ3) is 3.12. The van der Waals surface area contributed by atoms with Crippen LogP contribution < -0.4 is 10.6 Å². The molecular weight excluding hydrogens is 321 g/mol. The van der Waals surface area contributed by atoms with E-state index >= 15 is 0 Å². The lowest BCUT2D eigenvalue weighted by Gasteiger charge is -2.26. The molecule has 1 unspecified atom stereocenters. The highest BCUT2D eigenvalue weighted by Gasteiger charge is 2.30. The summed E-state index contributed by atoms with van der Waals surface area (Å²) in [5.74, 6) is 0.458. The van der Waals surface area contributed by atoms with E-state index in [-0.39, 0.29) is 11.9 Å². The van der Waals surface area contributed by atoms with Crippen molar-refractivity contribution in [2.24, 2.45) is 0 Å². The molecule has 1 aromatic heterocycles. The highest BCUT2D eigenvalue weighted by molar-refractivity contribution is 5.87. The minimum Gasteiger partial charge on any atom is -0.368 e. The summed E-state index contributed by atoms with van der Waals surface area (Å²) in [6.07, 6.45) is -1.55. The smallest absolute Gasteiger partial charge is 0.368 e. The Labute approximate surface area is 136 Å². The fourth-order valence-corrected chi connectivity index (χ4v) is 2.61. The Hall–Kier alpha value is -2.77. The van der Waals surface area contributed by atoms with E-state index in [1.807, 2.05) is 0 Å². The molecule has 0 saturated carbocycles. The van der Waals surface area contributed by atoms with E-state index in [1.165, 1.54) is 18.2 Å². The molecule has 0 spiro atoms. The number of carbonyl (C=O) groups is 1. The lowest BCUT2D eigenvalue weighted by molar-refractivity contribution is -0.137. The summed E-state index contributed by atoms with van der Waals surface area (Å²) in [6.45, 7) is 4.38. The van der Waals surface area contributed by atoms with Gasteiger partial charge in [-0.1, -0.05) is 18.7 Å². The van der Waals surface area contributed by atoms with E-state index in [0.717, 1.165) is 23.5 Å². The summed E-state index contributed by atoms with van der Waals surface area (Å²) < 4.78 is 39.6. The van der Waals surface area contributed by atoms with Crippen LogP contribution in [0.25, 0.3) is 11.1 Å². The number of hydrogen-bond acceptors (Lipinski definition) is 3. The van der Waals surface area contributed by atoms with Crippen molar-refractivity contribution in [3.8, 4) is 11.1 Å². The lowest BCUT2D eigenvalue weighted by Crippen LogP contribution is -2.45. The molecule has 8 heteroatoms. The van der Waals surface area contributed by atoms with Crippen molar-refractivity contribution in [2.75, 3.05) is 11.9 Å². The Bertz CT molecular complexity index is 765. The molecule has 0 fully saturated rings. The first-order valence-electron chi connectivity index (χ1n) is 7.28. The second-order valence-electron chi connectivity index (χ2n) is 5.45. The zero-order chi connectivity index (χ0) is 17.3. The lowest BCUT2D eigenvalue weighted by atomic mass is 10.1. The number of rotatable bonds is 3. The molecule has 2 N–H and O–H groups in total. The minimum atomic E-state index is -4.36. The van der Waals surface area contributed by atoms with Gasteiger partial charge in [-0.05, 0) is 23.8 Å². The third-order valence-corrected chi connectivity index (χ3v) is 3.80. The predicted octanol–water partition coefficient (Wildman–Crippen LogP) is 2.67. The maximum Gasteiger partial charge on any atom is 0.416 e. The average molecular weight is 336 g/mol. The quantitative estimate of drug-likeness (QED) is 0.847. The van der Waals surface area contributed by atoms with Crippen molar-refractivity contribution >= 4 is 11.7 Å². The Kier molecular flexibility index (Phi) is 4.04. The number of fused-ring (bicyclic) bond motifs is 1. The van der Waals surface area contributed by atoms with E-state index in [0.29, 0.717) is 18.7 Å². The van der Waals surface area contributed by atoms with Gasteiger partial charge in [0.1, 0.15) is 5.82 Å². The zero-order valence-corrected chi connectivity index (χ0v) is 12.6. The van der Waals surface area contributed by atoms with Crippen LogP contribution in [0, 0.1) is 0 Å². The van der Waals surface area contributed by atoms with E-state index in [2.05, 4.69) is 22.3 Å². The van der Waals surface area contributed by atoms with Gasteiger partial charge in [0.2, 0.25) is 5.91 Å². The van der Waals surface area contributed by atoms with Crippen LogP contribution in [0.5, 0.6) is 0 Å². The molecule has 0 radical (unpaired) electrons. The average Bonchev–Trinajstić information content (AvgIpc) is 2.97. The number of amides is 1. The Morgan fingerprint density at radius 2 is 2.08 bits per heavy atom. The normalized spacial score (nSPS) is 16.9. The number of benzene rings is 1. The standard InChI is InChI=1S/C16H15F3N4O/c1-2-14(24)22-12-7-20-15-13(8-21-23(15)9-12)10-3-5-11(6-4-10)16(17,18)19/h2-6,8,12,20H,1,7,9H2,(H,22,24). The number of halogens is 3. The molecule has 1 atom stereocenters. The van der Waals surface area contributed by atoms with Crippen molar-refractivity contribution < 1.29 is 18.0 Å². The highest BCUT2D eigenvalue weighted by atomic mass is 19.4. The molecular formula is C16H15F3N4O. The highest BCUT2D eigenvalue weighted by Crippen LogP contribution is 2.33. The molecule has 0 aliphatic carbocycles. The van der Waals surface area contributed by atoms with Gasteiger partial charge >= 0.3 is 6.18 Å². The maximum atomic E-state index is 12.6. The van der Waals surface area contributed by atoms with Crippen molar-refractivity contribution in [3.05, 3.63) is 48.7 Å². The molecule has 2 aromatic rings. The molecule has 1 aliphatic heterocycles. The Morgan fingerprint density at radius 1 is 1.38 bits per heavy atom. The monoisotopic (exact) mass is 336 g/mol. The van der Waals surface area contributed by atoms with Gasteiger partial charge in [0.25, 0.3) is 0 Å². The first kappa shape index (κ1) is 16.1. The van der Waals surface area contributed by atoms with Gasteiger partial charge in [-0.15, -0.1) is 0 Å². The summed E-state index contributed by atoms with van der Waals surface area (Å²) in [4.78, 5) is 11.4. The van der Waals surface area contributed by atoms with Crippen molar-refractivity contribution in [3.63, 3.8) is 0 Å². The Balaban J connectivity index is 1.81. The topological polar surface area (TPSA) is 59.0 Å². The molecule has 1 aromatic carbocycles. The van der Waals surface area contributed by atoms with Crippen LogP contribution in [0.15, 0.2) is 43.1 Å². The van der Waals surface area contributed by atoms with Gasteiger partial charge in [-0.2, -0.15) is 18.3 Å². The van der Waals surface area contributed by atoms with E-state index in [9.17, 15) is 18.0 Å². The number of aromatic nitrogens is 2. The first-order valence-corrected chi connectivity index (χ1v) is 7.28. The van der Waals surface area contributed by atoms with Crippen LogP contribution in [0.2, 0.25) is 0 Å². The van der Waals surface area contributed by atoms with E-state index < -0.39 is 11.7 Å². The third-order valence-electron chi connectivity index (χ3n) is 3.80. The van der Waals surface area contributed by atoms with E-state index in [4.69, 9.17) is 0 Å². The number of nitrogens with zero attached hydrogens (tertiary/aromatic N) is 2. The fourth-order valence-electron chi connectivity index (χ4n) is 2.61. The largest absolute Gasteiger partial charge is 0.416 e. The van der Waals surface area contributed by atoms with Crippen LogP contribution in [0.3, 0.4) is 0 Å². The summed E-state index contributed by atoms with van der Waals surface area (Å²) in [5, 5.41) is 10.2. The summed E-state index contributed by atoms with van der Waals surface area (Å²) in [5.41, 5.74) is 0.676. The number of anilines is 1. The molecule has 5 nitrogen and oxygen atoms in total. The number of carbonyl (C=O) groups excluding carboxylic acids is 1. The van der Waals surface area contributed by atoms with Crippen molar-refractivity contribution in [1.29, 1.82) is 0 Å². The molecule has 1 aliphatic rings.